The Kier molecular flexibility index (Phi) is 9.92. The number of piperazine rings is 1. The van der Waals surface area contributed by atoms with E-state index >= 15 is 0 Å². The van der Waals surface area contributed by atoms with Crippen molar-refractivity contribution >= 4 is 25.1 Å². The van der Waals surface area contributed by atoms with Gasteiger partial charge in [-0.1, -0.05) is 43.9 Å². The Morgan fingerprint density at radius 2 is 1.74 bits per heavy atom. The average Bonchev–Trinajstić information content (AvgIpc) is 3.38. The van der Waals surface area contributed by atoms with Gasteiger partial charge in [-0.3, -0.25) is 9.36 Å². The molecule has 1 N–H and O–H groups in total. The van der Waals surface area contributed by atoms with E-state index in [4.69, 9.17) is 24.5 Å². The fourth-order valence-corrected chi connectivity index (χ4v) is 5.85. The van der Waals surface area contributed by atoms with E-state index in [0.717, 1.165) is 71.7 Å². The van der Waals surface area contributed by atoms with Crippen LogP contribution in [0.2, 0.25) is 25.7 Å². The topological polar surface area (TPSA) is 93.0 Å². The number of aliphatic hydroxyl groups is 1. The third-order valence-electron chi connectivity index (χ3n) is 7.75. The highest BCUT2D eigenvalue weighted by Crippen LogP contribution is 2.33. The van der Waals surface area contributed by atoms with Gasteiger partial charge in [-0.2, -0.15) is 0 Å². The molecule has 228 valence electrons. The van der Waals surface area contributed by atoms with E-state index in [0.29, 0.717) is 31.9 Å². The number of amides is 1. The Morgan fingerprint density at radius 1 is 0.977 bits per heavy atom. The monoisotopic (exact) mass is 601 g/mol. The second-order valence-corrected chi connectivity index (χ2v) is 18.0. The molecular formula is C33H43N5O4Si. The van der Waals surface area contributed by atoms with Crippen LogP contribution in [0.15, 0.2) is 60.8 Å². The van der Waals surface area contributed by atoms with Crippen LogP contribution in [0.1, 0.15) is 16.8 Å². The minimum atomic E-state index is -1.25. The minimum absolute atomic E-state index is 0.0628. The molecule has 0 spiro atoms. The zero-order chi connectivity index (χ0) is 30.4. The van der Waals surface area contributed by atoms with Crippen LogP contribution in [0, 0.1) is 0 Å². The quantitative estimate of drug-likeness (QED) is 0.176. The van der Waals surface area contributed by atoms with Gasteiger partial charge in [0.2, 0.25) is 0 Å². The first kappa shape index (κ1) is 30.9. The Labute approximate surface area is 255 Å². The fraction of sp³-hybridized carbons (Fsp3) is 0.424. The summed E-state index contributed by atoms with van der Waals surface area (Å²) in [5, 5.41) is 9.12. The number of aliphatic hydroxyl groups excluding tert-OH is 1. The molecule has 2 aromatic heterocycles. The Morgan fingerprint density at radius 3 is 2.47 bits per heavy atom. The summed E-state index contributed by atoms with van der Waals surface area (Å²) in [5.41, 5.74) is 5.01. The zero-order valence-corrected chi connectivity index (χ0v) is 26.8. The molecule has 0 bridgehead atoms. The van der Waals surface area contributed by atoms with Gasteiger partial charge in [-0.05, 0) is 49.0 Å². The molecule has 1 fully saturated rings. The van der Waals surface area contributed by atoms with Gasteiger partial charge in [0.05, 0.1) is 6.61 Å². The predicted molar refractivity (Wildman–Crippen MR) is 173 cm³/mol. The summed E-state index contributed by atoms with van der Waals surface area (Å²) in [7, 11) is 0.838. The highest BCUT2D eigenvalue weighted by Gasteiger charge is 2.22. The molecule has 10 heteroatoms. The maximum absolute atomic E-state index is 13.2. The molecule has 1 saturated heterocycles. The van der Waals surface area contributed by atoms with Gasteiger partial charge < -0.3 is 24.4 Å². The first-order chi connectivity index (χ1) is 20.7. The summed E-state index contributed by atoms with van der Waals surface area (Å²) >= 11 is 0. The molecule has 0 atom stereocenters. The number of fused-ring (bicyclic) bond motifs is 1. The molecular weight excluding hydrogens is 558 g/mol. The number of hydrogen-bond donors (Lipinski definition) is 1. The Bertz CT molecular complexity index is 1520. The maximum atomic E-state index is 13.2. The first-order valence-corrected chi connectivity index (χ1v) is 18.8. The van der Waals surface area contributed by atoms with Crippen molar-refractivity contribution < 1.29 is 19.4 Å². The maximum Gasteiger partial charge on any atom is 0.253 e. The van der Waals surface area contributed by atoms with Crippen molar-refractivity contribution in [1.29, 1.82) is 0 Å². The van der Waals surface area contributed by atoms with E-state index in [2.05, 4.69) is 31.6 Å². The van der Waals surface area contributed by atoms with Gasteiger partial charge in [0.15, 0.2) is 5.65 Å². The number of pyridine rings is 1. The molecule has 9 nitrogen and oxygen atoms in total. The van der Waals surface area contributed by atoms with Crippen molar-refractivity contribution in [3.8, 4) is 28.3 Å². The van der Waals surface area contributed by atoms with Crippen LogP contribution >= 0.6 is 0 Å². The smallest absolute Gasteiger partial charge is 0.253 e. The van der Waals surface area contributed by atoms with Crippen molar-refractivity contribution in [2.24, 2.45) is 0 Å². The van der Waals surface area contributed by atoms with Gasteiger partial charge in [-0.15, -0.1) is 0 Å². The summed E-state index contributed by atoms with van der Waals surface area (Å²) in [5.74, 6) is 1.55. The van der Waals surface area contributed by atoms with Gasteiger partial charge >= 0.3 is 0 Å². The number of carbonyl (C=O) groups is 1. The third kappa shape index (κ3) is 7.69. The number of aromatic nitrogens is 3. The Balaban J connectivity index is 1.48. The highest BCUT2D eigenvalue weighted by atomic mass is 28.3. The summed E-state index contributed by atoms with van der Waals surface area (Å²) in [6, 6.07) is 18.7. The van der Waals surface area contributed by atoms with Crippen LogP contribution in [0.25, 0.3) is 33.7 Å². The molecule has 4 aromatic rings. The number of rotatable bonds is 12. The molecule has 0 radical (unpaired) electrons. The standard InChI is InChI=1S/C33H43N5O4Si/c1-36-15-17-37(18-16-36)33(40)26-11-9-25(10-12-26)31-35-30-29(27-7-5-8-28(23-27)42-20-6-19-39)13-14-34-32(30)38(31)24-41-21-22-43(2,3)4/h5,7-14,23,39H,6,15-22,24H2,1-4H3. The minimum Gasteiger partial charge on any atom is -0.493 e. The van der Waals surface area contributed by atoms with Crippen LogP contribution in [0.4, 0.5) is 0 Å². The van der Waals surface area contributed by atoms with E-state index in [-0.39, 0.29) is 12.5 Å². The first-order valence-electron chi connectivity index (χ1n) is 15.1. The second-order valence-electron chi connectivity index (χ2n) is 12.4. The molecule has 1 aliphatic rings. The fourth-order valence-electron chi connectivity index (χ4n) is 5.09. The number of benzene rings is 2. The summed E-state index contributed by atoms with van der Waals surface area (Å²) in [4.78, 5) is 27.2. The molecule has 1 amide bonds. The van der Waals surface area contributed by atoms with Crippen molar-refractivity contribution in [2.45, 2.75) is 38.8 Å². The van der Waals surface area contributed by atoms with Crippen molar-refractivity contribution in [2.75, 3.05) is 53.0 Å². The lowest BCUT2D eigenvalue weighted by molar-refractivity contribution is 0.0664. The molecule has 0 saturated carbocycles. The largest absolute Gasteiger partial charge is 0.493 e. The summed E-state index contributed by atoms with van der Waals surface area (Å²) in [6.45, 7) is 11.8. The van der Waals surface area contributed by atoms with E-state index < -0.39 is 8.07 Å². The highest BCUT2D eigenvalue weighted by molar-refractivity contribution is 6.76. The average molecular weight is 602 g/mol. The molecule has 5 rings (SSSR count). The van der Waals surface area contributed by atoms with Crippen molar-refractivity contribution in [3.63, 3.8) is 0 Å². The molecule has 3 heterocycles. The Hall–Kier alpha value is -3.57. The third-order valence-corrected chi connectivity index (χ3v) is 9.45. The van der Waals surface area contributed by atoms with Crippen molar-refractivity contribution in [1.82, 2.24) is 24.3 Å². The predicted octanol–water partition coefficient (Wildman–Crippen LogP) is 5.23. The van der Waals surface area contributed by atoms with Crippen LogP contribution in [-0.2, 0) is 11.5 Å². The lowest BCUT2D eigenvalue weighted by atomic mass is 10.1. The van der Waals surface area contributed by atoms with Crippen LogP contribution in [-0.4, -0.2) is 96.5 Å². The number of carbonyl (C=O) groups excluding carboxylic acids is 1. The number of likely N-dealkylation sites (N-methyl/N-ethyl adjacent to an activating group) is 1. The number of nitrogens with zero attached hydrogens (tertiary/aromatic N) is 5. The van der Waals surface area contributed by atoms with E-state index in [1.807, 2.05) is 64.1 Å². The lowest BCUT2D eigenvalue weighted by Gasteiger charge is -2.32. The van der Waals surface area contributed by atoms with Crippen LogP contribution in [0.3, 0.4) is 0 Å². The van der Waals surface area contributed by atoms with Crippen molar-refractivity contribution in [3.05, 3.63) is 66.4 Å². The molecule has 0 unspecified atom stereocenters. The number of ether oxygens (including phenoxy) is 2. The zero-order valence-electron chi connectivity index (χ0n) is 25.8. The van der Waals surface area contributed by atoms with E-state index in [1.165, 1.54) is 0 Å². The molecule has 0 aliphatic carbocycles. The summed E-state index contributed by atoms with van der Waals surface area (Å²) < 4.78 is 14.1. The number of hydrogen-bond acceptors (Lipinski definition) is 7. The molecule has 1 aliphatic heterocycles. The van der Waals surface area contributed by atoms with E-state index in [9.17, 15) is 4.79 Å². The van der Waals surface area contributed by atoms with Crippen LogP contribution in [0.5, 0.6) is 5.75 Å². The van der Waals surface area contributed by atoms with Gasteiger partial charge in [0.25, 0.3) is 5.91 Å². The van der Waals surface area contributed by atoms with Gasteiger partial charge in [0, 0.05) is 76.8 Å². The van der Waals surface area contributed by atoms with Gasteiger partial charge in [0.1, 0.15) is 23.8 Å². The SMILES string of the molecule is CN1CCN(C(=O)c2ccc(-c3nc4c(-c5cccc(OCCCO)c5)ccnc4n3COCC[Si](C)(C)C)cc2)CC1. The summed E-state index contributed by atoms with van der Waals surface area (Å²) in [6.07, 6.45) is 2.38. The van der Waals surface area contributed by atoms with E-state index in [1.54, 1.807) is 6.20 Å². The molecule has 43 heavy (non-hydrogen) atoms. The van der Waals surface area contributed by atoms with Gasteiger partial charge in [-0.25, -0.2) is 9.97 Å². The molecule has 2 aromatic carbocycles. The number of imidazole rings is 1. The second kappa shape index (κ2) is 13.8. The van der Waals surface area contributed by atoms with Crippen LogP contribution < -0.4 is 4.74 Å². The normalized spacial score (nSPS) is 14.4. The lowest BCUT2D eigenvalue weighted by Crippen LogP contribution is -2.47.